The fourth-order valence-electron chi connectivity index (χ4n) is 4.88. The SMILES string of the molecule is O=C(Nc1cccc(OCC2CCCO2)c1)N1CCCC1C1CCCCC1. The van der Waals surface area contributed by atoms with E-state index in [-0.39, 0.29) is 12.1 Å². The third-order valence-electron chi connectivity index (χ3n) is 6.30. The number of urea groups is 1. The summed E-state index contributed by atoms with van der Waals surface area (Å²) in [6, 6.07) is 8.18. The van der Waals surface area contributed by atoms with Gasteiger partial charge in [0, 0.05) is 30.9 Å². The quantitative estimate of drug-likeness (QED) is 0.806. The van der Waals surface area contributed by atoms with Crippen molar-refractivity contribution in [2.45, 2.75) is 69.9 Å². The number of amides is 2. The summed E-state index contributed by atoms with van der Waals surface area (Å²) >= 11 is 0. The van der Waals surface area contributed by atoms with Crippen LogP contribution in [0.25, 0.3) is 0 Å². The molecule has 0 bridgehead atoms. The van der Waals surface area contributed by atoms with Crippen molar-refractivity contribution >= 4 is 11.7 Å². The van der Waals surface area contributed by atoms with Gasteiger partial charge in [0.25, 0.3) is 0 Å². The third-order valence-corrected chi connectivity index (χ3v) is 6.30. The van der Waals surface area contributed by atoms with Crippen LogP contribution in [-0.2, 0) is 4.74 Å². The predicted molar refractivity (Wildman–Crippen MR) is 106 cm³/mol. The molecular weight excluding hydrogens is 340 g/mol. The molecule has 3 aliphatic rings. The standard InChI is InChI=1S/C22H32N2O3/c25-22(24-13-5-12-21(24)17-7-2-1-3-8-17)23-18-9-4-10-19(15-18)27-16-20-11-6-14-26-20/h4,9-10,15,17,20-21H,1-3,5-8,11-14,16H2,(H,23,25). The molecule has 2 unspecified atom stereocenters. The Morgan fingerprint density at radius 2 is 2.00 bits per heavy atom. The molecule has 2 aliphatic heterocycles. The number of anilines is 1. The number of hydrogen-bond donors (Lipinski definition) is 1. The first kappa shape index (κ1) is 18.6. The third kappa shape index (κ3) is 4.75. The molecule has 3 fully saturated rings. The van der Waals surface area contributed by atoms with Gasteiger partial charge in [0.1, 0.15) is 12.4 Å². The Bertz CT molecular complexity index is 624. The maximum atomic E-state index is 12.9. The summed E-state index contributed by atoms with van der Waals surface area (Å²) in [5, 5.41) is 3.10. The van der Waals surface area contributed by atoms with Gasteiger partial charge in [-0.3, -0.25) is 0 Å². The van der Waals surface area contributed by atoms with Crippen molar-refractivity contribution in [2.75, 3.05) is 25.1 Å². The van der Waals surface area contributed by atoms with Crippen LogP contribution in [0.15, 0.2) is 24.3 Å². The molecule has 0 spiro atoms. The van der Waals surface area contributed by atoms with E-state index in [2.05, 4.69) is 10.2 Å². The first-order valence-electron chi connectivity index (χ1n) is 10.7. The van der Waals surface area contributed by atoms with Gasteiger partial charge in [0.2, 0.25) is 0 Å². The molecule has 1 aromatic carbocycles. The number of benzene rings is 1. The average molecular weight is 373 g/mol. The molecule has 2 heterocycles. The van der Waals surface area contributed by atoms with E-state index in [4.69, 9.17) is 9.47 Å². The van der Waals surface area contributed by atoms with Gasteiger partial charge >= 0.3 is 6.03 Å². The highest BCUT2D eigenvalue weighted by molar-refractivity contribution is 5.90. The predicted octanol–water partition coefficient (Wildman–Crippen LogP) is 4.82. The summed E-state index contributed by atoms with van der Waals surface area (Å²) in [6.07, 6.45) is 11.2. The van der Waals surface area contributed by atoms with Crippen LogP contribution in [0, 0.1) is 5.92 Å². The molecule has 2 amide bonds. The monoisotopic (exact) mass is 372 g/mol. The lowest BCUT2D eigenvalue weighted by atomic mass is 9.83. The maximum absolute atomic E-state index is 12.9. The van der Waals surface area contributed by atoms with Gasteiger partial charge in [0.05, 0.1) is 6.10 Å². The minimum Gasteiger partial charge on any atom is -0.491 e. The zero-order valence-corrected chi connectivity index (χ0v) is 16.2. The molecule has 1 aliphatic carbocycles. The van der Waals surface area contributed by atoms with Crippen molar-refractivity contribution in [2.24, 2.45) is 5.92 Å². The Morgan fingerprint density at radius 3 is 2.81 bits per heavy atom. The number of rotatable bonds is 5. The number of hydrogen-bond acceptors (Lipinski definition) is 3. The normalized spacial score (nSPS) is 26.3. The second kappa shape index (κ2) is 8.96. The van der Waals surface area contributed by atoms with Gasteiger partial charge in [-0.2, -0.15) is 0 Å². The molecule has 148 valence electrons. The Kier molecular flexibility index (Phi) is 6.17. The van der Waals surface area contributed by atoms with E-state index in [0.29, 0.717) is 18.6 Å². The first-order chi connectivity index (χ1) is 13.3. The number of nitrogens with one attached hydrogen (secondary N) is 1. The van der Waals surface area contributed by atoms with Crippen molar-refractivity contribution in [1.82, 2.24) is 4.90 Å². The average Bonchev–Trinajstić information content (AvgIpc) is 3.39. The lowest BCUT2D eigenvalue weighted by Crippen LogP contribution is -2.43. The zero-order chi connectivity index (χ0) is 18.5. The smallest absolute Gasteiger partial charge is 0.322 e. The van der Waals surface area contributed by atoms with Gasteiger partial charge in [0.15, 0.2) is 0 Å². The Hall–Kier alpha value is -1.75. The lowest BCUT2D eigenvalue weighted by Gasteiger charge is -2.34. The summed E-state index contributed by atoms with van der Waals surface area (Å²) in [7, 11) is 0. The van der Waals surface area contributed by atoms with Crippen LogP contribution in [0.5, 0.6) is 5.75 Å². The molecule has 27 heavy (non-hydrogen) atoms. The zero-order valence-electron chi connectivity index (χ0n) is 16.2. The number of carbonyl (C=O) groups is 1. The summed E-state index contributed by atoms with van der Waals surface area (Å²) in [4.78, 5) is 15.0. The summed E-state index contributed by atoms with van der Waals surface area (Å²) in [6.45, 7) is 2.29. The largest absolute Gasteiger partial charge is 0.491 e. The summed E-state index contributed by atoms with van der Waals surface area (Å²) in [5.41, 5.74) is 0.805. The highest BCUT2D eigenvalue weighted by Crippen LogP contribution is 2.34. The van der Waals surface area contributed by atoms with Crippen LogP contribution in [0.2, 0.25) is 0 Å². The van der Waals surface area contributed by atoms with Gasteiger partial charge in [-0.25, -0.2) is 4.79 Å². The summed E-state index contributed by atoms with van der Waals surface area (Å²) in [5.74, 6) is 1.47. The fraction of sp³-hybridized carbons (Fsp3) is 0.682. The molecule has 0 radical (unpaired) electrons. The van der Waals surface area contributed by atoms with Crippen molar-refractivity contribution in [3.63, 3.8) is 0 Å². The van der Waals surface area contributed by atoms with E-state index in [9.17, 15) is 4.79 Å². The molecule has 1 aromatic rings. The minimum absolute atomic E-state index is 0.0411. The van der Waals surface area contributed by atoms with E-state index < -0.39 is 0 Å². The van der Waals surface area contributed by atoms with Gasteiger partial charge in [-0.1, -0.05) is 25.3 Å². The van der Waals surface area contributed by atoms with Crippen LogP contribution in [0.1, 0.15) is 57.8 Å². The summed E-state index contributed by atoms with van der Waals surface area (Å²) < 4.78 is 11.5. The minimum atomic E-state index is 0.0411. The molecule has 2 atom stereocenters. The van der Waals surface area contributed by atoms with Gasteiger partial charge < -0.3 is 19.7 Å². The second-order valence-corrected chi connectivity index (χ2v) is 8.21. The van der Waals surface area contributed by atoms with Gasteiger partial charge in [-0.05, 0) is 56.6 Å². The fourth-order valence-corrected chi connectivity index (χ4v) is 4.88. The second-order valence-electron chi connectivity index (χ2n) is 8.21. The van der Waals surface area contributed by atoms with E-state index in [1.165, 1.54) is 32.1 Å². The Labute approximate surface area is 162 Å². The number of carbonyl (C=O) groups excluding carboxylic acids is 1. The van der Waals surface area contributed by atoms with Crippen molar-refractivity contribution in [3.05, 3.63) is 24.3 Å². The highest BCUT2D eigenvalue weighted by Gasteiger charge is 2.35. The molecule has 1 saturated carbocycles. The van der Waals surface area contributed by atoms with E-state index in [0.717, 1.165) is 50.3 Å². The molecule has 4 rings (SSSR count). The van der Waals surface area contributed by atoms with Crippen LogP contribution in [0.3, 0.4) is 0 Å². The van der Waals surface area contributed by atoms with E-state index >= 15 is 0 Å². The van der Waals surface area contributed by atoms with Gasteiger partial charge in [-0.15, -0.1) is 0 Å². The van der Waals surface area contributed by atoms with E-state index in [1.807, 2.05) is 24.3 Å². The molecule has 1 N–H and O–H groups in total. The van der Waals surface area contributed by atoms with Crippen molar-refractivity contribution < 1.29 is 14.3 Å². The number of nitrogens with zero attached hydrogens (tertiary/aromatic N) is 1. The molecule has 2 saturated heterocycles. The van der Waals surface area contributed by atoms with E-state index in [1.54, 1.807) is 0 Å². The van der Waals surface area contributed by atoms with Crippen LogP contribution < -0.4 is 10.1 Å². The molecular formula is C22H32N2O3. The van der Waals surface area contributed by atoms with Crippen molar-refractivity contribution in [3.8, 4) is 5.75 Å². The molecule has 5 heteroatoms. The van der Waals surface area contributed by atoms with Crippen molar-refractivity contribution in [1.29, 1.82) is 0 Å². The number of ether oxygens (including phenoxy) is 2. The molecule has 0 aromatic heterocycles. The lowest BCUT2D eigenvalue weighted by molar-refractivity contribution is 0.0680. The van der Waals surface area contributed by atoms with Crippen LogP contribution in [-0.4, -0.2) is 42.8 Å². The highest BCUT2D eigenvalue weighted by atomic mass is 16.5. The topological polar surface area (TPSA) is 50.8 Å². The number of likely N-dealkylation sites (tertiary alicyclic amines) is 1. The van der Waals surface area contributed by atoms with Crippen LogP contribution >= 0.6 is 0 Å². The Balaban J connectivity index is 1.33. The van der Waals surface area contributed by atoms with Crippen LogP contribution in [0.4, 0.5) is 10.5 Å². The molecule has 5 nitrogen and oxygen atoms in total. The first-order valence-corrected chi connectivity index (χ1v) is 10.7. The maximum Gasteiger partial charge on any atom is 0.322 e. The Morgan fingerprint density at radius 1 is 1.11 bits per heavy atom.